The highest BCUT2D eigenvalue weighted by atomic mass is 16.2. The molecule has 5 aliphatic carbocycles. The van der Waals surface area contributed by atoms with Crippen molar-refractivity contribution in [3.05, 3.63) is 0 Å². The van der Waals surface area contributed by atoms with E-state index in [4.69, 9.17) is 5.73 Å². The summed E-state index contributed by atoms with van der Waals surface area (Å²) in [6.45, 7) is 2.75. The SMILES string of the molecule is CC1CC(CN)(C(=O)NC23CC4CC(CC(C4)C2)C3)C1. The fourth-order valence-electron chi connectivity index (χ4n) is 6.36. The highest BCUT2D eigenvalue weighted by Crippen LogP contribution is 2.56. The zero-order valence-electron chi connectivity index (χ0n) is 12.7. The molecule has 0 unspecified atom stereocenters. The number of carbonyl (C=O) groups is 1. The summed E-state index contributed by atoms with van der Waals surface area (Å²) < 4.78 is 0. The van der Waals surface area contributed by atoms with Crippen LogP contribution < -0.4 is 11.1 Å². The largest absolute Gasteiger partial charge is 0.350 e. The summed E-state index contributed by atoms with van der Waals surface area (Å²) in [6.07, 6.45) is 9.96. The van der Waals surface area contributed by atoms with Gasteiger partial charge in [0, 0.05) is 12.1 Å². The second-order valence-corrected chi connectivity index (χ2v) is 8.65. The summed E-state index contributed by atoms with van der Waals surface area (Å²) in [6, 6.07) is 0. The Morgan fingerprint density at radius 2 is 1.55 bits per heavy atom. The summed E-state index contributed by atoms with van der Waals surface area (Å²) in [7, 11) is 0. The van der Waals surface area contributed by atoms with Crippen molar-refractivity contribution in [2.75, 3.05) is 6.54 Å². The minimum absolute atomic E-state index is 0.146. The molecule has 5 saturated carbocycles. The Morgan fingerprint density at radius 1 is 1.05 bits per heavy atom. The number of rotatable bonds is 3. The maximum absolute atomic E-state index is 12.8. The van der Waals surface area contributed by atoms with E-state index in [0.717, 1.165) is 30.6 Å². The number of nitrogens with one attached hydrogen (secondary N) is 1. The lowest BCUT2D eigenvalue weighted by Gasteiger charge is -2.58. The van der Waals surface area contributed by atoms with Crippen molar-refractivity contribution in [1.29, 1.82) is 0 Å². The molecule has 0 aromatic rings. The molecule has 5 fully saturated rings. The topological polar surface area (TPSA) is 55.1 Å². The molecule has 0 saturated heterocycles. The number of hydrogen-bond acceptors (Lipinski definition) is 2. The van der Waals surface area contributed by atoms with Gasteiger partial charge in [0.15, 0.2) is 0 Å². The van der Waals surface area contributed by atoms with Gasteiger partial charge in [0.1, 0.15) is 0 Å². The maximum atomic E-state index is 12.8. The first-order valence-electron chi connectivity index (χ1n) is 8.55. The van der Waals surface area contributed by atoms with Gasteiger partial charge in [-0.15, -0.1) is 0 Å². The van der Waals surface area contributed by atoms with Gasteiger partial charge in [0.25, 0.3) is 0 Å². The Hall–Kier alpha value is -0.570. The molecule has 3 heteroatoms. The Morgan fingerprint density at radius 3 is 1.95 bits per heavy atom. The fraction of sp³-hybridized carbons (Fsp3) is 0.941. The second-order valence-electron chi connectivity index (χ2n) is 8.65. The van der Waals surface area contributed by atoms with Crippen molar-refractivity contribution in [1.82, 2.24) is 5.32 Å². The van der Waals surface area contributed by atoms with Crippen LogP contribution in [0.5, 0.6) is 0 Å². The van der Waals surface area contributed by atoms with Gasteiger partial charge in [-0.2, -0.15) is 0 Å². The van der Waals surface area contributed by atoms with Gasteiger partial charge in [-0.3, -0.25) is 4.79 Å². The zero-order chi connectivity index (χ0) is 14.0. The minimum Gasteiger partial charge on any atom is -0.350 e. The number of nitrogens with two attached hydrogens (primary N) is 1. The van der Waals surface area contributed by atoms with Crippen LogP contribution in [0.25, 0.3) is 0 Å². The Balaban J connectivity index is 1.50. The molecule has 0 heterocycles. The van der Waals surface area contributed by atoms with Crippen LogP contribution >= 0.6 is 0 Å². The monoisotopic (exact) mass is 276 g/mol. The minimum atomic E-state index is -0.233. The molecular formula is C17H28N2O. The number of hydrogen-bond donors (Lipinski definition) is 2. The van der Waals surface area contributed by atoms with Crippen LogP contribution in [0.15, 0.2) is 0 Å². The number of amides is 1. The third kappa shape index (κ3) is 1.85. The lowest BCUT2D eigenvalue weighted by atomic mass is 9.52. The van der Waals surface area contributed by atoms with Crippen LogP contribution in [0.1, 0.15) is 58.3 Å². The quantitative estimate of drug-likeness (QED) is 0.832. The predicted octanol–water partition coefficient (Wildman–Crippen LogP) is 2.45. The molecular weight excluding hydrogens is 248 g/mol. The average Bonchev–Trinajstić information content (AvgIpc) is 2.32. The van der Waals surface area contributed by atoms with Crippen LogP contribution in [0.4, 0.5) is 0 Å². The molecule has 0 radical (unpaired) electrons. The lowest BCUT2D eigenvalue weighted by Crippen LogP contribution is -2.64. The first-order chi connectivity index (χ1) is 9.52. The van der Waals surface area contributed by atoms with Crippen LogP contribution in [-0.2, 0) is 4.79 Å². The van der Waals surface area contributed by atoms with E-state index in [1.54, 1.807) is 0 Å². The van der Waals surface area contributed by atoms with Gasteiger partial charge in [-0.05, 0) is 75.0 Å². The molecule has 112 valence electrons. The predicted molar refractivity (Wildman–Crippen MR) is 78.9 cm³/mol. The van der Waals surface area contributed by atoms with E-state index >= 15 is 0 Å². The van der Waals surface area contributed by atoms with E-state index < -0.39 is 0 Å². The third-order valence-electron chi connectivity index (χ3n) is 6.77. The highest BCUT2D eigenvalue weighted by molar-refractivity contribution is 5.84. The molecule has 0 atom stereocenters. The van der Waals surface area contributed by atoms with Crippen LogP contribution in [0, 0.1) is 29.1 Å². The van der Waals surface area contributed by atoms with Gasteiger partial charge in [0.05, 0.1) is 5.41 Å². The molecule has 20 heavy (non-hydrogen) atoms. The summed E-state index contributed by atoms with van der Waals surface area (Å²) in [5.74, 6) is 3.60. The fourth-order valence-corrected chi connectivity index (χ4v) is 6.36. The first-order valence-corrected chi connectivity index (χ1v) is 8.55. The zero-order valence-corrected chi connectivity index (χ0v) is 12.7. The second kappa shape index (κ2) is 4.22. The summed E-state index contributed by atoms with van der Waals surface area (Å²) in [5, 5.41) is 3.52. The molecule has 5 aliphatic rings. The van der Waals surface area contributed by atoms with Crippen molar-refractivity contribution in [2.24, 2.45) is 34.8 Å². The molecule has 0 spiro atoms. The Labute approximate surface area is 122 Å². The van der Waals surface area contributed by atoms with Crippen LogP contribution in [0.3, 0.4) is 0 Å². The van der Waals surface area contributed by atoms with Gasteiger partial charge in [0.2, 0.25) is 5.91 Å². The van der Waals surface area contributed by atoms with E-state index in [1.807, 2.05) is 0 Å². The van der Waals surface area contributed by atoms with Crippen molar-refractivity contribution in [3.8, 4) is 0 Å². The molecule has 0 aliphatic heterocycles. The van der Waals surface area contributed by atoms with Crippen molar-refractivity contribution in [2.45, 2.75) is 63.8 Å². The average molecular weight is 276 g/mol. The van der Waals surface area contributed by atoms with Crippen LogP contribution in [0.2, 0.25) is 0 Å². The van der Waals surface area contributed by atoms with E-state index in [1.165, 1.54) is 38.5 Å². The van der Waals surface area contributed by atoms with E-state index in [-0.39, 0.29) is 16.9 Å². The summed E-state index contributed by atoms with van der Waals surface area (Å²) >= 11 is 0. The lowest BCUT2D eigenvalue weighted by molar-refractivity contribution is -0.144. The third-order valence-corrected chi connectivity index (χ3v) is 6.77. The molecule has 4 bridgehead atoms. The van der Waals surface area contributed by atoms with Crippen molar-refractivity contribution in [3.63, 3.8) is 0 Å². The van der Waals surface area contributed by atoms with Crippen molar-refractivity contribution < 1.29 is 4.79 Å². The van der Waals surface area contributed by atoms with Gasteiger partial charge >= 0.3 is 0 Å². The van der Waals surface area contributed by atoms with E-state index in [0.29, 0.717) is 12.5 Å². The Bertz CT molecular complexity index is 389. The highest BCUT2D eigenvalue weighted by Gasteiger charge is 2.54. The standard InChI is InChI=1S/C17H28N2O/c1-11-5-16(6-11,10-18)15(20)19-17-7-12-2-13(8-17)4-14(3-12)9-17/h11-14H,2-10,18H2,1H3,(H,19,20). The van der Waals surface area contributed by atoms with Gasteiger partial charge in [-0.25, -0.2) is 0 Å². The molecule has 0 aromatic heterocycles. The molecule has 3 N–H and O–H groups in total. The first kappa shape index (κ1) is 13.1. The van der Waals surface area contributed by atoms with Gasteiger partial charge in [-0.1, -0.05) is 6.92 Å². The molecule has 1 amide bonds. The summed E-state index contributed by atoms with van der Waals surface area (Å²) in [5.41, 5.74) is 5.85. The smallest absolute Gasteiger partial charge is 0.227 e. The molecule has 5 rings (SSSR count). The van der Waals surface area contributed by atoms with Crippen molar-refractivity contribution >= 4 is 5.91 Å². The molecule has 0 aromatic carbocycles. The van der Waals surface area contributed by atoms with Gasteiger partial charge < -0.3 is 11.1 Å². The Kier molecular flexibility index (Phi) is 2.77. The maximum Gasteiger partial charge on any atom is 0.227 e. The number of carbonyl (C=O) groups excluding carboxylic acids is 1. The summed E-state index contributed by atoms with van der Waals surface area (Å²) in [4.78, 5) is 12.8. The normalized spacial score (nSPS) is 52.7. The molecule has 3 nitrogen and oxygen atoms in total. The van der Waals surface area contributed by atoms with Crippen LogP contribution in [-0.4, -0.2) is 18.0 Å². The van der Waals surface area contributed by atoms with E-state index in [9.17, 15) is 4.79 Å². The van der Waals surface area contributed by atoms with E-state index in [2.05, 4.69) is 12.2 Å².